The lowest BCUT2D eigenvalue weighted by Gasteiger charge is -2.19. The molecule has 24 heavy (non-hydrogen) atoms. The van der Waals surface area contributed by atoms with E-state index in [0.717, 1.165) is 32.6 Å². The maximum Gasteiger partial charge on any atom is 0.425 e. The van der Waals surface area contributed by atoms with Gasteiger partial charge in [-0.15, -0.1) is 0 Å². The van der Waals surface area contributed by atoms with Crippen LogP contribution in [0.4, 0.5) is 13.2 Å². The summed E-state index contributed by atoms with van der Waals surface area (Å²) in [5.74, 6) is 1.56. The Morgan fingerprint density at radius 2 is 1.92 bits per heavy atom. The third-order valence-electron chi connectivity index (χ3n) is 4.27. The minimum Gasteiger partial charge on any atom is -0.481 e. The van der Waals surface area contributed by atoms with Crippen LogP contribution in [0, 0.1) is 0 Å². The molecule has 128 valence electrons. The van der Waals surface area contributed by atoms with Crippen molar-refractivity contribution in [2.75, 3.05) is 0 Å². The first-order valence-electron chi connectivity index (χ1n) is 7.99. The van der Waals surface area contributed by atoms with Crippen LogP contribution >= 0.6 is 0 Å². The van der Waals surface area contributed by atoms with E-state index in [0.29, 0.717) is 23.1 Å². The zero-order valence-electron chi connectivity index (χ0n) is 13.0. The van der Waals surface area contributed by atoms with E-state index in [1.54, 1.807) is 6.20 Å². The molecule has 8 heteroatoms. The van der Waals surface area contributed by atoms with Gasteiger partial charge in [0.1, 0.15) is 11.4 Å². The van der Waals surface area contributed by atoms with E-state index in [1.165, 1.54) is 6.07 Å². The van der Waals surface area contributed by atoms with Crippen molar-refractivity contribution in [3.8, 4) is 17.3 Å². The number of pyridine rings is 1. The normalized spacial score (nSPS) is 19.3. The lowest BCUT2D eigenvalue weighted by Crippen LogP contribution is -2.31. The van der Waals surface area contributed by atoms with Crippen molar-refractivity contribution in [3.63, 3.8) is 0 Å². The number of alkyl halides is 3. The molecule has 2 aromatic rings. The average Bonchev–Trinajstić information content (AvgIpc) is 3.45. The SMILES string of the molecule is C[C@H](Oc1cc(-c2noc(C3CC3)n2)ncc1C1CC1)C(F)(F)F. The van der Waals surface area contributed by atoms with Crippen molar-refractivity contribution < 1.29 is 22.4 Å². The van der Waals surface area contributed by atoms with Crippen molar-refractivity contribution >= 4 is 0 Å². The van der Waals surface area contributed by atoms with Crippen LogP contribution in [0.5, 0.6) is 5.75 Å². The molecule has 0 amide bonds. The topological polar surface area (TPSA) is 61.0 Å². The first kappa shape index (κ1) is 15.4. The Balaban J connectivity index is 1.64. The van der Waals surface area contributed by atoms with E-state index in [9.17, 15) is 13.2 Å². The highest BCUT2D eigenvalue weighted by Gasteiger charge is 2.39. The van der Waals surface area contributed by atoms with Crippen molar-refractivity contribution in [1.82, 2.24) is 15.1 Å². The van der Waals surface area contributed by atoms with Crippen molar-refractivity contribution in [3.05, 3.63) is 23.7 Å². The number of rotatable bonds is 5. The molecule has 0 saturated heterocycles. The second-order valence-electron chi connectivity index (χ2n) is 6.41. The fraction of sp³-hybridized carbons (Fsp3) is 0.562. The maximum atomic E-state index is 12.8. The summed E-state index contributed by atoms with van der Waals surface area (Å²) in [4.78, 5) is 8.57. The summed E-state index contributed by atoms with van der Waals surface area (Å²) in [5, 5.41) is 3.88. The summed E-state index contributed by atoms with van der Waals surface area (Å²) in [6.45, 7) is 0.996. The van der Waals surface area contributed by atoms with Crippen molar-refractivity contribution in [1.29, 1.82) is 0 Å². The van der Waals surface area contributed by atoms with Crippen LogP contribution in [0.1, 0.15) is 55.9 Å². The van der Waals surface area contributed by atoms with Crippen LogP contribution in [0.25, 0.3) is 11.5 Å². The first-order valence-corrected chi connectivity index (χ1v) is 7.99. The molecule has 0 N–H and O–H groups in total. The average molecular weight is 339 g/mol. The first-order chi connectivity index (χ1) is 11.4. The van der Waals surface area contributed by atoms with E-state index in [2.05, 4.69) is 15.1 Å². The fourth-order valence-corrected chi connectivity index (χ4v) is 2.47. The number of hydrogen-bond acceptors (Lipinski definition) is 5. The number of halogens is 3. The van der Waals surface area contributed by atoms with Gasteiger partial charge >= 0.3 is 6.18 Å². The van der Waals surface area contributed by atoms with Gasteiger partial charge in [-0.1, -0.05) is 5.16 Å². The van der Waals surface area contributed by atoms with E-state index < -0.39 is 12.3 Å². The summed E-state index contributed by atoms with van der Waals surface area (Å²) < 4.78 is 48.9. The molecule has 2 aromatic heterocycles. The Hall–Kier alpha value is -2.12. The lowest BCUT2D eigenvalue weighted by atomic mass is 10.1. The highest BCUT2D eigenvalue weighted by molar-refractivity contribution is 5.54. The predicted molar refractivity (Wildman–Crippen MR) is 77.6 cm³/mol. The summed E-state index contributed by atoms with van der Waals surface area (Å²) >= 11 is 0. The molecule has 0 aromatic carbocycles. The van der Waals surface area contributed by atoms with Gasteiger partial charge in [0.25, 0.3) is 0 Å². The molecule has 5 nitrogen and oxygen atoms in total. The second-order valence-corrected chi connectivity index (χ2v) is 6.41. The molecule has 0 aliphatic heterocycles. The standard InChI is InChI=1S/C16H16F3N3O2/c1-8(16(17,18)19)23-13-6-12(20-7-11(13)9-2-3-9)14-21-15(24-22-14)10-4-5-10/h6-10H,2-5H2,1H3/t8-/m0/s1. The summed E-state index contributed by atoms with van der Waals surface area (Å²) in [5.41, 5.74) is 1.07. The number of hydrogen-bond donors (Lipinski definition) is 0. The second kappa shape index (κ2) is 5.46. The summed E-state index contributed by atoms with van der Waals surface area (Å²) in [6, 6.07) is 1.48. The van der Waals surface area contributed by atoms with E-state index in [4.69, 9.17) is 9.26 Å². The summed E-state index contributed by atoms with van der Waals surface area (Å²) in [7, 11) is 0. The third-order valence-corrected chi connectivity index (χ3v) is 4.27. The molecule has 4 rings (SSSR count). The zero-order chi connectivity index (χ0) is 16.9. The van der Waals surface area contributed by atoms with Crippen LogP contribution < -0.4 is 4.74 Å². The zero-order valence-corrected chi connectivity index (χ0v) is 13.0. The van der Waals surface area contributed by atoms with Gasteiger partial charge in [0, 0.05) is 23.7 Å². The monoisotopic (exact) mass is 339 g/mol. The van der Waals surface area contributed by atoms with Crippen LogP contribution in [-0.2, 0) is 0 Å². The van der Waals surface area contributed by atoms with E-state index in [1.807, 2.05) is 0 Å². The van der Waals surface area contributed by atoms with Gasteiger partial charge in [0.05, 0.1) is 0 Å². The Morgan fingerprint density at radius 3 is 2.54 bits per heavy atom. The van der Waals surface area contributed by atoms with Gasteiger partial charge in [-0.3, -0.25) is 4.98 Å². The lowest BCUT2D eigenvalue weighted by molar-refractivity contribution is -0.189. The quantitative estimate of drug-likeness (QED) is 0.816. The molecule has 2 aliphatic carbocycles. The highest BCUT2D eigenvalue weighted by atomic mass is 19.4. The van der Waals surface area contributed by atoms with Crippen molar-refractivity contribution in [2.45, 2.75) is 56.7 Å². The third kappa shape index (κ3) is 3.09. The number of aromatic nitrogens is 3. The molecule has 2 fully saturated rings. The minimum absolute atomic E-state index is 0.199. The van der Waals surface area contributed by atoms with Gasteiger partial charge in [0.2, 0.25) is 11.7 Å². The van der Waals surface area contributed by atoms with Gasteiger partial charge in [0.15, 0.2) is 6.10 Å². The van der Waals surface area contributed by atoms with Crippen LogP contribution in [-0.4, -0.2) is 27.4 Å². The van der Waals surface area contributed by atoms with Crippen molar-refractivity contribution in [2.24, 2.45) is 0 Å². The highest BCUT2D eigenvalue weighted by Crippen LogP contribution is 2.45. The Labute approximate surface area is 136 Å². The van der Waals surface area contributed by atoms with E-state index in [-0.39, 0.29) is 17.5 Å². The van der Waals surface area contributed by atoms with Crippen LogP contribution in [0.2, 0.25) is 0 Å². The molecule has 2 aliphatic rings. The molecule has 0 bridgehead atoms. The van der Waals surface area contributed by atoms with E-state index >= 15 is 0 Å². The summed E-state index contributed by atoms with van der Waals surface area (Å²) in [6.07, 6.45) is -0.830. The molecule has 1 atom stereocenters. The Kier molecular flexibility index (Phi) is 3.51. The van der Waals surface area contributed by atoms with Crippen LogP contribution in [0.15, 0.2) is 16.8 Å². The largest absolute Gasteiger partial charge is 0.481 e. The molecule has 2 heterocycles. The van der Waals surface area contributed by atoms with Gasteiger partial charge in [-0.05, 0) is 38.5 Å². The fourth-order valence-electron chi connectivity index (χ4n) is 2.47. The molecule has 0 spiro atoms. The number of nitrogens with zero attached hydrogens (tertiary/aromatic N) is 3. The molecular formula is C16H16F3N3O2. The van der Waals surface area contributed by atoms with Gasteiger partial charge < -0.3 is 9.26 Å². The molecule has 0 radical (unpaired) electrons. The molecule has 2 saturated carbocycles. The van der Waals surface area contributed by atoms with Gasteiger partial charge in [-0.25, -0.2) is 0 Å². The molecular weight excluding hydrogens is 323 g/mol. The van der Waals surface area contributed by atoms with Crippen LogP contribution in [0.3, 0.4) is 0 Å². The smallest absolute Gasteiger partial charge is 0.425 e. The maximum absolute atomic E-state index is 12.8. The Morgan fingerprint density at radius 1 is 1.21 bits per heavy atom. The predicted octanol–water partition coefficient (Wildman–Crippen LogP) is 4.22. The Bertz CT molecular complexity index is 751. The van der Waals surface area contributed by atoms with Gasteiger partial charge in [-0.2, -0.15) is 18.2 Å². The number of ether oxygens (including phenoxy) is 1. The minimum atomic E-state index is -4.42. The molecule has 0 unspecified atom stereocenters.